The van der Waals surface area contributed by atoms with Crippen molar-refractivity contribution in [1.82, 2.24) is 10.2 Å². The summed E-state index contributed by atoms with van der Waals surface area (Å²) in [6.07, 6.45) is 1.97. The molecular formula is C13H17FN2O2. The number of benzene rings is 1. The van der Waals surface area contributed by atoms with Gasteiger partial charge >= 0.3 is 0 Å². The number of amides is 1. The highest BCUT2D eigenvalue weighted by molar-refractivity contribution is 5.96. The number of piperidine rings is 1. The van der Waals surface area contributed by atoms with Crippen LogP contribution in [0, 0.1) is 5.82 Å². The first-order chi connectivity index (χ1) is 8.59. The Labute approximate surface area is 105 Å². The lowest BCUT2D eigenvalue weighted by molar-refractivity contribution is 0.0705. The Bertz CT molecular complexity index is 445. The van der Waals surface area contributed by atoms with Gasteiger partial charge in [0.05, 0.1) is 5.56 Å². The summed E-state index contributed by atoms with van der Waals surface area (Å²) in [7, 11) is 1.71. The van der Waals surface area contributed by atoms with Crippen molar-refractivity contribution in [3.63, 3.8) is 0 Å². The fraction of sp³-hybridized carbons (Fsp3) is 0.462. The third kappa shape index (κ3) is 2.61. The second-order valence-corrected chi connectivity index (χ2v) is 4.58. The Morgan fingerprint density at radius 1 is 1.56 bits per heavy atom. The molecule has 18 heavy (non-hydrogen) atoms. The largest absolute Gasteiger partial charge is 0.507 e. The van der Waals surface area contributed by atoms with Crippen LogP contribution in [0.25, 0.3) is 0 Å². The van der Waals surface area contributed by atoms with Gasteiger partial charge in [0.15, 0.2) is 0 Å². The van der Waals surface area contributed by atoms with Crippen LogP contribution < -0.4 is 5.32 Å². The Kier molecular flexibility index (Phi) is 3.81. The molecule has 0 aliphatic carbocycles. The number of phenolic OH excluding ortho intramolecular Hbond substituents is 1. The van der Waals surface area contributed by atoms with E-state index in [4.69, 9.17) is 0 Å². The highest BCUT2D eigenvalue weighted by atomic mass is 19.1. The number of nitrogens with zero attached hydrogens (tertiary/aromatic N) is 1. The maximum Gasteiger partial charge on any atom is 0.257 e. The second kappa shape index (κ2) is 5.35. The lowest BCUT2D eigenvalue weighted by Crippen LogP contribution is -2.46. The van der Waals surface area contributed by atoms with Crippen LogP contribution >= 0.6 is 0 Å². The molecule has 2 rings (SSSR count). The minimum absolute atomic E-state index is 0.121. The summed E-state index contributed by atoms with van der Waals surface area (Å²) in [5.74, 6) is -1.14. The average molecular weight is 252 g/mol. The Morgan fingerprint density at radius 3 is 2.94 bits per heavy atom. The van der Waals surface area contributed by atoms with Crippen LogP contribution in [0.3, 0.4) is 0 Å². The monoisotopic (exact) mass is 252 g/mol. The van der Waals surface area contributed by atoms with Crippen LogP contribution in [-0.4, -0.2) is 42.1 Å². The van der Waals surface area contributed by atoms with Crippen molar-refractivity contribution in [2.24, 2.45) is 0 Å². The maximum absolute atomic E-state index is 12.9. The predicted octanol–water partition coefficient (Wildman–Crippen LogP) is 1.36. The fourth-order valence-corrected chi connectivity index (χ4v) is 2.21. The molecule has 1 saturated heterocycles. The molecule has 0 bridgehead atoms. The smallest absolute Gasteiger partial charge is 0.257 e. The first-order valence-electron chi connectivity index (χ1n) is 6.06. The van der Waals surface area contributed by atoms with Gasteiger partial charge in [0.25, 0.3) is 5.91 Å². The van der Waals surface area contributed by atoms with Crippen LogP contribution in [0.15, 0.2) is 18.2 Å². The Balaban J connectivity index is 2.14. The van der Waals surface area contributed by atoms with Gasteiger partial charge in [-0.05, 0) is 31.5 Å². The SMILES string of the molecule is CN(C(=O)c1ccc(F)cc1O)C1CCCNC1. The van der Waals surface area contributed by atoms with Gasteiger partial charge in [0.2, 0.25) is 0 Å². The van der Waals surface area contributed by atoms with Crippen molar-refractivity contribution in [3.8, 4) is 5.75 Å². The molecule has 1 aliphatic rings. The third-order valence-electron chi connectivity index (χ3n) is 3.33. The minimum Gasteiger partial charge on any atom is -0.507 e. The van der Waals surface area contributed by atoms with E-state index in [1.807, 2.05) is 0 Å². The summed E-state index contributed by atoms with van der Waals surface area (Å²) in [5, 5.41) is 12.8. The number of likely N-dealkylation sites (N-methyl/N-ethyl adjacent to an activating group) is 1. The van der Waals surface area contributed by atoms with E-state index < -0.39 is 5.82 Å². The summed E-state index contributed by atoms with van der Waals surface area (Å²) in [6, 6.07) is 3.58. The van der Waals surface area contributed by atoms with E-state index in [1.165, 1.54) is 12.1 Å². The number of rotatable bonds is 2. The first kappa shape index (κ1) is 12.8. The van der Waals surface area contributed by atoms with E-state index in [0.29, 0.717) is 0 Å². The molecular weight excluding hydrogens is 235 g/mol. The lowest BCUT2D eigenvalue weighted by atomic mass is 10.0. The molecule has 1 heterocycles. The summed E-state index contributed by atoms with van der Waals surface area (Å²) in [6.45, 7) is 1.73. The summed E-state index contributed by atoms with van der Waals surface area (Å²) >= 11 is 0. The van der Waals surface area contributed by atoms with Crippen molar-refractivity contribution in [3.05, 3.63) is 29.6 Å². The zero-order valence-corrected chi connectivity index (χ0v) is 10.3. The van der Waals surface area contributed by atoms with Crippen LogP contribution in [-0.2, 0) is 0 Å². The van der Waals surface area contributed by atoms with Gasteiger partial charge in [0.1, 0.15) is 11.6 Å². The average Bonchev–Trinajstić information content (AvgIpc) is 2.38. The van der Waals surface area contributed by atoms with Gasteiger partial charge < -0.3 is 15.3 Å². The maximum atomic E-state index is 12.9. The summed E-state index contributed by atoms with van der Waals surface area (Å²) in [4.78, 5) is 13.8. The second-order valence-electron chi connectivity index (χ2n) is 4.58. The van der Waals surface area contributed by atoms with Crippen LogP contribution in [0.1, 0.15) is 23.2 Å². The van der Waals surface area contributed by atoms with Crippen molar-refractivity contribution >= 4 is 5.91 Å². The summed E-state index contributed by atoms with van der Waals surface area (Å²) in [5.41, 5.74) is 0.143. The normalized spacial score (nSPS) is 19.6. The zero-order chi connectivity index (χ0) is 13.1. The quantitative estimate of drug-likeness (QED) is 0.835. The molecule has 0 saturated carbocycles. The Hall–Kier alpha value is -1.62. The van der Waals surface area contributed by atoms with Crippen molar-refractivity contribution in [1.29, 1.82) is 0 Å². The van der Waals surface area contributed by atoms with Gasteiger partial charge in [-0.25, -0.2) is 4.39 Å². The molecule has 4 nitrogen and oxygen atoms in total. The molecule has 0 spiro atoms. The number of halogens is 1. The highest BCUT2D eigenvalue weighted by Gasteiger charge is 2.24. The molecule has 0 radical (unpaired) electrons. The van der Waals surface area contributed by atoms with Crippen molar-refractivity contribution in [2.75, 3.05) is 20.1 Å². The van der Waals surface area contributed by atoms with E-state index in [2.05, 4.69) is 5.32 Å². The number of hydrogen-bond acceptors (Lipinski definition) is 3. The van der Waals surface area contributed by atoms with E-state index in [9.17, 15) is 14.3 Å². The molecule has 5 heteroatoms. The lowest BCUT2D eigenvalue weighted by Gasteiger charge is -2.31. The molecule has 98 valence electrons. The zero-order valence-electron chi connectivity index (χ0n) is 10.3. The van der Waals surface area contributed by atoms with Gasteiger partial charge in [-0.15, -0.1) is 0 Å². The number of hydrogen-bond donors (Lipinski definition) is 2. The van der Waals surface area contributed by atoms with Gasteiger partial charge in [-0.1, -0.05) is 0 Å². The Morgan fingerprint density at radius 2 is 2.33 bits per heavy atom. The third-order valence-corrected chi connectivity index (χ3v) is 3.33. The van der Waals surface area contributed by atoms with Crippen LogP contribution in [0.5, 0.6) is 5.75 Å². The van der Waals surface area contributed by atoms with E-state index in [-0.39, 0.29) is 23.3 Å². The van der Waals surface area contributed by atoms with Crippen molar-refractivity contribution < 1.29 is 14.3 Å². The van der Waals surface area contributed by atoms with E-state index in [1.54, 1.807) is 11.9 Å². The number of nitrogens with one attached hydrogen (secondary N) is 1. The molecule has 1 aromatic rings. The van der Waals surface area contributed by atoms with Gasteiger partial charge in [-0.3, -0.25) is 4.79 Å². The molecule has 1 atom stereocenters. The first-order valence-corrected chi connectivity index (χ1v) is 6.06. The molecule has 0 aromatic heterocycles. The fourth-order valence-electron chi connectivity index (χ4n) is 2.21. The minimum atomic E-state index is -0.550. The number of phenols is 1. The van der Waals surface area contributed by atoms with E-state index in [0.717, 1.165) is 32.0 Å². The topological polar surface area (TPSA) is 52.6 Å². The molecule has 1 amide bonds. The molecule has 2 N–H and O–H groups in total. The molecule has 1 aromatic carbocycles. The number of carbonyl (C=O) groups excluding carboxylic acids is 1. The van der Waals surface area contributed by atoms with E-state index >= 15 is 0 Å². The molecule has 1 aliphatic heterocycles. The van der Waals surface area contributed by atoms with Gasteiger partial charge in [-0.2, -0.15) is 0 Å². The number of aromatic hydroxyl groups is 1. The summed E-state index contributed by atoms with van der Waals surface area (Å²) < 4.78 is 12.9. The predicted molar refractivity (Wildman–Crippen MR) is 66.1 cm³/mol. The molecule has 1 fully saturated rings. The van der Waals surface area contributed by atoms with Crippen molar-refractivity contribution in [2.45, 2.75) is 18.9 Å². The molecule has 1 unspecified atom stereocenters. The number of carbonyl (C=O) groups is 1. The highest BCUT2D eigenvalue weighted by Crippen LogP contribution is 2.21. The van der Waals surface area contributed by atoms with Crippen LogP contribution in [0.4, 0.5) is 4.39 Å². The standard InChI is InChI=1S/C13H17FN2O2/c1-16(10-3-2-6-15-8-10)13(18)11-5-4-9(14)7-12(11)17/h4-5,7,10,15,17H,2-3,6,8H2,1H3. The van der Waals surface area contributed by atoms with Gasteiger partial charge in [0, 0.05) is 25.7 Å². The van der Waals surface area contributed by atoms with Crippen LogP contribution in [0.2, 0.25) is 0 Å².